The van der Waals surface area contributed by atoms with E-state index in [1.165, 1.54) is 18.2 Å². The van der Waals surface area contributed by atoms with Crippen LogP contribution in [0.5, 0.6) is 5.75 Å². The first-order valence-electron chi connectivity index (χ1n) is 6.45. The molecule has 2 rings (SSSR count). The van der Waals surface area contributed by atoms with Crippen molar-refractivity contribution in [3.05, 3.63) is 47.3 Å². The van der Waals surface area contributed by atoms with E-state index >= 15 is 0 Å². The van der Waals surface area contributed by atoms with Gasteiger partial charge in [-0.15, -0.1) is 13.2 Å². The lowest BCUT2D eigenvalue weighted by Crippen LogP contribution is -2.21. The summed E-state index contributed by atoms with van der Waals surface area (Å²) in [5.41, 5.74) is 7.82. The van der Waals surface area contributed by atoms with Crippen LogP contribution in [-0.2, 0) is 13.5 Å². The van der Waals surface area contributed by atoms with Gasteiger partial charge in [-0.25, -0.2) is 0 Å². The van der Waals surface area contributed by atoms with Gasteiger partial charge in [0.2, 0.25) is 0 Å². The molecule has 0 aliphatic rings. The van der Waals surface area contributed by atoms with Crippen LogP contribution in [0.3, 0.4) is 0 Å². The van der Waals surface area contributed by atoms with Gasteiger partial charge in [-0.05, 0) is 18.6 Å². The molecule has 1 heterocycles. The monoisotopic (exact) mass is 299 g/mol. The van der Waals surface area contributed by atoms with E-state index in [4.69, 9.17) is 5.73 Å². The molecule has 21 heavy (non-hydrogen) atoms. The molecule has 1 atom stereocenters. The Morgan fingerprint density at radius 1 is 1.33 bits per heavy atom. The largest absolute Gasteiger partial charge is 0.573 e. The van der Waals surface area contributed by atoms with Crippen molar-refractivity contribution in [2.24, 2.45) is 12.8 Å². The minimum absolute atomic E-state index is 0.264. The molecule has 2 N–H and O–H groups in total. The number of nitrogens with zero attached hydrogens (tertiary/aromatic N) is 2. The molecule has 0 bridgehead atoms. The minimum atomic E-state index is -4.75. The number of hydrogen-bond acceptors (Lipinski definition) is 3. The number of halogens is 3. The number of para-hydroxylation sites is 1. The average Bonchev–Trinajstić information content (AvgIpc) is 2.78. The smallest absolute Gasteiger partial charge is 0.405 e. The van der Waals surface area contributed by atoms with Crippen LogP contribution in [0.4, 0.5) is 13.2 Å². The summed E-state index contributed by atoms with van der Waals surface area (Å²) in [6, 6.07) is 6.90. The summed E-state index contributed by atoms with van der Waals surface area (Å²) in [5.74, 6) is -0.295. The molecule has 0 aliphatic heterocycles. The molecular formula is C14H16F3N3O. The Kier molecular flexibility index (Phi) is 4.22. The quantitative estimate of drug-likeness (QED) is 0.944. The summed E-state index contributed by atoms with van der Waals surface area (Å²) < 4.78 is 42.9. The number of alkyl halides is 3. The van der Waals surface area contributed by atoms with Gasteiger partial charge in [0.05, 0.1) is 17.4 Å². The van der Waals surface area contributed by atoms with Crippen LogP contribution in [0.2, 0.25) is 0 Å². The second-order valence-corrected chi connectivity index (χ2v) is 4.60. The first-order valence-corrected chi connectivity index (χ1v) is 6.45. The standard InChI is InChI=1S/C14H16F3N3O/c1-3-9-8-11(20(2)19-9)13(18)10-6-4-5-7-12(10)21-14(15,16)17/h4-8,13H,3,18H2,1-2H3. The topological polar surface area (TPSA) is 53.1 Å². The SMILES string of the molecule is CCc1cc(C(N)c2ccccc2OC(F)(F)F)n(C)n1. The van der Waals surface area contributed by atoms with E-state index in [9.17, 15) is 13.2 Å². The lowest BCUT2D eigenvalue weighted by Gasteiger charge is -2.18. The zero-order valence-electron chi connectivity index (χ0n) is 11.7. The molecule has 0 saturated carbocycles. The predicted octanol–water partition coefficient (Wildman–Crippen LogP) is 2.93. The molecule has 114 valence electrons. The Labute approximate surface area is 120 Å². The Bertz CT molecular complexity index is 622. The van der Waals surface area contributed by atoms with Crippen LogP contribution in [-0.4, -0.2) is 16.1 Å². The molecule has 0 saturated heterocycles. The molecule has 1 aromatic heterocycles. The Morgan fingerprint density at radius 2 is 2.00 bits per heavy atom. The number of benzene rings is 1. The summed E-state index contributed by atoms with van der Waals surface area (Å²) in [5, 5.41) is 4.25. The van der Waals surface area contributed by atoms with E-state index in [0.717, 1.165) is 12.1 Å². The number of aromatic nitrogens is 2. The molecule has 0 amide bonds. The van der Waals surface area contributed by atoms with Crippen LogP contribution in [0.15, 0.2) is 30.3 Å². The van der Waals surface area contributed by atoms with Crippen molar-refractivity contribution in [1.29, 1.82) is 0 Å². The van der Waals surface area contributed by atoms with Crippen LogP contribution < -0.4 is 10.5 Å². The van der Waals surface area contributed by atoms with E-state index in [0.29, 0.717) is 5.69 Å². The summed E-state index contributed by atoms with van der Waals surface area (Å²) in [4.78, 5) is 0. The maximum Gasteiger partial charge on any atom is 0.573 e. The van der Waals surface area contributed by atoms with E-state index in [2.05, 4.69) is 9.84 Å². The van der Waals surface area contributed by atoms with Crippen molar-refractivity contribution in [3.8, 4) is 5.75 Å². The van der Waals surface area contributed by atoms with Gasteiger partial charge in [0.25, 0.3) is 0 Å². The van der Waals surface area contributed by atoms with Gasteiger partial charge < -0.3 is 10.5 Å². The molecule has 2 aromatic rings. The highest BCUT2D eigenvalue weighted by atomic mass is 19.4. The summed E-state index contributed by atoms with van der Waals surface area (Å²) >= 11 is 0. The molecular weight excluding hydrogens is 283 g/mol. The van der Waals surface area contributed by atoms with Gasteiger partial charge in [0.15, 0.2) is 0 Å². The third kappa shape index (κ3) is 3.55. The van der Waals surface area contributed by atoms with Crippen molar-refractivity contribution in [1.82, 2.24) is 9.78 Å². The molecule has 0 radical (unpaired) electrons. The van der Waals surface area contributed by atoms with Gasteiger partial charge in [0, 0.05) is 12.6 Å². The average molecular weight is 299 g/mol. The fourth-order valence-corrected chi connectivity index (χ4v) is 2.12. The van der Waals surface area contributed by atoms with Gasteiger partial charge in [-0.3, -0.25) is 4.68 Å². The summed E-state index contributed by atoms with van der Waals surface area (Å²) in [7, 11) is 1.71. The fraction of sp³-hybridized carbons (Fsp3) is 0.357. The zero-order chi connectivity index (χ0) is 15.6. The van der Waals surface area contributed by atoms with Gasteiger partial charge in [-0.1, -0.05) is 25.1 Å². The van der Waals surface area contributed by atoms with Crippen LogP contribution in [0, 0.1) is 0 Å². The maximum atomic E-state index is 12.4. The van der Waals surface area contributed by atoms with E-state index in [-0.39, 0.29) is 11.3 Å². The highest BCUT2D eigenvalue weighted by Gasteiger charge is 2.33. The molecule has 1 aromatic carbocycles. The Hall–Kier alpha value is -2.02. The second kappa shape index (κ2) is 5.77. The van der Waals surface area contributed by atoms with Gasteiger partial charge in [0.1, 0.15) is 5.75 Å². The van der Waals surface area contributed by atoms with E-state index in [1.54, 1.807) is 23.9 Å². The van der Waals surface area contributed by atoms with Crippen molar-refractivity contribution in [2.75, 3.05) is 0 Å². The Morgan fingerprint density at radius 3 is 2.57 bits per heavy atom. The lowest BCUT2D eigenvalue weighted by molar-refractivity contribution is -0.274. The molecule has 0 fully saturated rings. The molecule has 1 unspecified atom stereocenters. The molecule has 7 heteroatoms. The normalized spacial score (nSPS) is 13.2. The van der Waals surface area contributed by atoms with Crippen molar-refractivity contribution < 1.29 is 17.9 Å². The number of ether oxygens (including phenoxy) is 1. The van der Waals surface area contributed by atoms with Gasteiger partial charge in [-0.2, -0.15) is 5.10 Å². The van der Waals surface area contributed by atoms with E-state index in [1.807, 2.05) is 6.92 Å². The lowest BCUT2D eigenvalue weighted by atomic mass is 10.0. The van der Waals surface area contributed by atoms with Crippen LogP contribution in [0.1, 0.15) is 29.9 Å². The first kappa shape index (κ1) is 15.4. The molecule has 4 nitrogen and oxygen atoms in total. The zero-order valence-corrected chi connectivity index (χ0v) is 11.7. The van der Waals surface area contributed by atoms with E-state index < -0.39 is 12.4 Å². The highest BCUT2D eigenvalue weighted by Crippen LogP contribution is 2.32. The molecule has 0 aliphatic carbocycles. The predicted molar refractivity (Wildman–Crippen MR) is 71.7 cm³/mol. The summed E-state index contributed by atoms with van der Waals surface area (Å²) in [6.45, 7) is 1.94. The Balaban J connectivity index is 2.38. The third-order valence-corrected chi connectivity index (χ3v) is 3.13. The highest BCUT2D eigenvalue weighted by molar-refractivity contribution is 5.40. The first-order chi connectivity index (χ1) is 9.81. The minimum Gasteiger partial charge on any atom is -0.405 e. The summed E-state index contributed by atoms with van der Waals surface area (Å²) in [6.07, 6.45) is -4.03. The number of rotatable bonds is 4. The second-order valence-electron chi connectivity index (χ2n) is 4.60. The number of aryl methyl sites for hydroxylation is 2. The number of nitrogens with two attached hydrogens (primary N) is 1. The van der Waals surface area contributed by atoms with Crippen molar-refractivity contribution in [2.45, 2.75) is 25.7 Å². The van der Waals surface area contributed by atoms with Crippen molar-refractivity contribution in [3.63, 3.8) is 0 Å². The fourth-order valence-electron chi connectivity index (χ4n) is 2.12. The van der Waals surface area contributed by atoms with Crippen molar-refractivity contribution >= 4 is 0 Å². The van der Waals surface area contributed by atoms with Crippen LogP contribution >= 0.6 is 0 Å². The van der Waals surface area contributed by atoms with Gasteiger partial charge >= 0.3 is 6.36 Å². The molecule has 0 spiro atoms. The van der Waals surface area contributed by atoms with Crippen LogP contribution in [0.25, 0.3) is 0 Å². The maximum absolute atomic E-state index is 12.4. The third-order valence-electron chi connectivity index (χ3n) is 3.13. The number of hydrogen-bond donors (Lipinski definition) is 1.